The van der Waals surface area contributed by atoms with Crippen molar-refractivity contribution in [3.05, 3.63) is 90.1 Å². The monoisotopic (exact) mass is 492 g/mol. The number of hydrogen-bond donors (Lipinski definition) is 0. The number of aromatic nitrogens is 1. The smallest absolute Gasteiger partial charge is 0.338 e. The van der Waals surface area contributed by atoms with E-state index in [1.807, 2.05) is 56.3 Å². The molecule has 0 N–H and O–H groups in total. The van der Waals surface area contributed by atoms with Gasteiger partial charge < -0.3 is 14.2 Å². The first-order chi connectivity index (χ1) is 16.9. The van der Waals surface area contributed by atoms with Gasteiger partial charge in [-0.25, -0.2) is 9.79 Å². The molecule has 1 aromatic heterocycles. The molecule has 0 saturated heterocycles. The summed E-state index contributed by atoms with van der Waals surface area (Å²) in [5.74, 6) is 0.480. The van der Waals surface area contributed by atoms with E-state index in [9.17, 15) is 9.59 Å². The number of carbonyl (C=O) groups excluding carboxylic acids is 1. The molecule has 4 rings (SSSR count). The molecule has 0 saturated carbocycles. The Morgan fingerprint density at radius 3 is 2.51 bits per heavy atom. The van der Waals surface area contributed by atoms with Crippen LogP contribution in [0.2, 0.25) is 0 Å². The first-order valence-corrected chi connectivity index (χ1v) is 12.3. The SMILES string of the molecule is CCOC(=O)C1=C(C)N=c2s/c(=C/c3ccc(C)cc3)c(=O)n2C1c1cccc(OC)c1OCC. The molecule has 0 spiro atoms. The van der Waals surface area contributed by atoms with Gasteiger partial charge in [0.15, 0.2) is 16.3 Å². The molecule has 1 aliphatic rings. The molecular formula is C27H28N2O5S. The summed E-state index contributed by atoms with van der Waals surface area (Å²) in [5, 5.41) is 0. The van der Waals surface area contributed by atoms with E-state index in [0.29, 0.717) is 44.3 Å². The van der Waals surface area contributed by atoms with Gasteiger partial charge in [-0.05, 0) is 45.4 Å². The van der Waals surface area contributed by atoms with Gasteiger partial charge in [-0.2, -0.15) is 0 Å². The molecule has 8 heteroatoms. The fourth-order valence-corrected chi connectivity index (χ4v) is 5.15. The molecule has 182 valence electrons. The van der Waals surface area contributed by atoms with E-state index >= 15 is 0 Å². The molecule has 1 atom stereocenters. The van der Waals surface area contributed by atoms with Crippen LogP contribution in [0, 0.1) is 6.92 Å². The summed E-state index contributed by atoms with van der Waals surface area (Å²) in [4.78, 5) is 32.0. The van der Waals surface area contributed by atoms with E-state index in [1.54, 1.807) is 31.6 Å². The Hall–Kier alpha value is -3.65. The maximum Gasteiger partial charge on any atom is 0.338 e. The van der Waals surface area contributed by atoms with Gasteiger partial charge in [-0.15, -0.1) is 0 Å². The van der Waals surface area contributed by atoms with Crippen molar-refractivity contribution in [1.82, 2.24) is 4.57 Å². The Kier molecular flexibility index (Phi) is 7.21. The van der Waals surface area contributed by atoms with Crippen molar-refractivity contribution in [3.63, 3.8) is 0 Å². The largest absolute Gasteiger partial charge is 0.493 e. The van der Waals surface area contributed by atoms with E-state index in [2.05, 4.69) is 4.99 Å². The third-order valence-corrected chi connectivity index (χ3v) is 6.69. The van der Waals surface area contributed by atoms with Crippen LogP contribution < -0.4 is 24.4 Å². The second-order valence-corrected chi connectivity index (χ2v) is 9.03. The average molecular weight is 493 g/mol. The molecular weight excluding hydrogens is 464 g/mol. The number of benzene rings is 2. The van der Waals surface area contributed by atoms with Crippen molar-refractivity contribution in [3.8, 4) is 11.5 Å². The fourth-order valence-electron chi connectivity index (χ4n) is 4.11. The molecule has 2 aromatic carbocycles. The summed E-state index contributed by atoms with van der Waals surface area (Å²) in [6, 6.07) is 12.6. The van der Waals surface area contributed by atoms with Gasteiger partial charge in [-0.1, -0.05) is 53.3 Å². The minimum absolute atomic E-state index is 0.205. The molecule has 2 heterocycles. The van der Waals surface area contributed by atoms with Gasteiger partial charge in [0.1, 0.15) is 6.04 Å². The third kappa shape index (κ3) is 4.66. The molecule has 1 aliphatic heterocycles. The number of nitrogens with zero attached hydrogens (tertiary/aromatic N) is 2. The zero-order valence-corrected chi connectivity index (χ0v) is 21.3. The maximum atomic E-state index is 13.8. The summed E-state index contributed by atoms with van der Waals surface area (Å²) < 4.78 is 19.0. The predicted molar refractivity (Wildman–Crippen MR) is 136 cm³/mol. The lowest BCUT2D eigenvalue weighted by Gasteiger charge is -2.26. The standard InChI is InChI=1S/C27H28N2O5S/c1-6-33-24-19(9-8-10-20(24)32-5)23-22(26(31)34-7-2)17(4)28-27-29(23)25(30)21(35-27)15-18-13-11-16(3)12-14-18/h8-15,23H,6-7H2,1-5H3/b21-15+. The van der Waals surface area contributed by atoms with Crippen molar-refractivity contribution >= 4 is 23.4 Å². The molecule has 1 unspecified atom stereocenters. The van der Waals surface area contributed by atoms with E-state index in [4.69, 9.17) is 14.2 Å². The number of methoxy groups -OCH3 is 1. The summed E-state index contributed by atoms with van der Waals surface area (Å²) in [5.41, 5.74) is 3.25. The lowest BCUT2D eigenvalue weighted by atomic mass is 9.94. The van der Waals surface area contributed by atoms with Crippen LogP contribution in [0.3, 0.4) is 0 Å². The highest BCUT2D eigenvalue weighted by atomic mass is 32.1. The van der Waals surface area contributed by atoms with Gasteiger partial charge in [0.2, 0.25) is 0 Å². The van der Waals surface area contributed by atoms with Gasteiger partial charge >= 0.3 is 5.97 Å². The number of thiazole rings is 1. The molecule has 3 aromatic rings. The first kappa shape index (κ1) is 24.5. The number of fused-ring (bicyclic) bond motifs is 1. The number of rotatable bonds is 7. The van der Waals surface area contributed by atoms with Gasteiger partial charge in [0, 0.05) is 5.56 Å². The summed E-state index contributed by atoms with van der Waals surface area (Å²) in [6.45, 7) is 7.99. The highest BCUT2D eigenvalue weighted by molar-refractivity contribution is 7.07. The van der Waals surface area contributed by atoms with Crippen LogP contribution in [0.5, 0.6) is 11.5 Å². The number of ether oxygens (including phenoxy) is 3. The number of carbonyl (C=O) groups is 1. The van der Waals surface area contributed by atoms with E-state index in [-0.39, 0.29) is 12.2 Å². The number of aryl methyl sites for hydroxylation is 1. The minimum atomic E-state index is -0.776. The molecule has 7 nitrogen and oxygen atoms in total. The van der Waals surface area contributed by atoms with Gasteiger partial charge in [0.05, 0.1) is 36.1 Å². The average Bonchev–Trinajstić information content (AvgIpc) is 3.14. The predicted octanol–water partition coefficient (Wildman–Crippen LogP) is 3.51. The zero-order chi connectivity index (χ0) is 25.1. The van der Waals surface area contributed by atoms with Crippen molar-refractivity contribution in [2.45, 2.75) is 33.7 Å². The van der Waals surface area contributed by atoms with E-state index in [1.165, 1.54) is 11.3 Å². The number of hydrogen-bond acceptors (Lipinski definition) is 7. The molecule has 0 radical (unpaired) electrons. The van der Waals surface area contributed by atoms with Crippen molar-refractivity contribution < 1.29 is 19.0 Å². The normalized spacial score (nSPS) is 15.5. The summed E-state index contributed by atoms with van der Waals surface area (Å²) in [6.07, 6.45) is 1.85. The van der Waals surface area contributed by atoms with Gasteiger partial charge in [0.25, 0.3) is 5.56 Å². The van der Waals surface area contributed by atoms with Gasteiger partial charge in [-0.3, -0.25) is 9.36 Å². The summed E-state index contributed by atoms with van der Waals surface area (Å²) in [7, 11) is 1.56. The van der Waals surface area contributed by atoms with Crippen LogP contribution in [0.15, 0.2) is 63.5 Å². The highest BCUT2D eigenvalue weighted by Gasteiger charge is 2.35. The Labute approximate surface area is 207 Å². The van der Waals surface area contributed by atoms with Crippen LogP contribution in [0.25, 0.3) is 6.08 Å². The Bertz CT molecular complexity index is 1460. The highest BCUT2D eigenvalue weighted by Crippen LogP contribution is 2.40. The lowest BCUT2D eigenvalue weighted by Crippen LogP contribution is -2.40. The molecule has 35 heavy (non-hydrogen) atoms. The van der Waals surface area contributed by atoms with Crippen LogP contribution >= 0.6 is 11.3 Å². The Morgan fingerprint density at radius 2 is 1.86 bits per heavy atom. The van der Waals surface area contributed by atoms with Crippen LogP contribution in [0.1, 0.15) is 43.5 Å². The third-order valence-electron chi connectivity index (χ3n) is 5.70. The van der Waals surface area contributed by atoms with E-state index < -0.39 is 12.0 Å². The maximum absolute atomic E-state index is 13.8. The summed E-state index contributed by atoms with van der Waals surface area (Å²) >= 11 is 1.29. The van der Waals surface area contributed by atoms with Crippen molar-refractivity contribution in [1.29, 1.82) is 0 Å². The lowest BCUT2D eigenvalue weighted by molar-refractivity contribution is -0.139. The molecule has 0 aliphatic carbocycles. The van der Waals surface area contributed by atoms with E-state index in [0.717, 1.165) is 11.1 Å². The molecule has 0 amide bonds. The van der Waals surface area contributed by atoms with Crippen LogP contribution in [-0.4, -0.2) is 30.9 Å². The Balaban J connectivity index is 2.01. The fraction of sp³-hybridized carbons (Fsp3) is 0.296. The first-order valence-electron chi connectivity index (χ1n) is 11.5. The number of allylic oxidation sites excluding steroid dienone is 1. The molecule has 0 bridgehead atoms. The van der Waals surface area contributed by atoms with Crippen LogP contribution in [0.4, 0.5) is 0 Å². The van der Waals surface area contributed by atoms with Crippen molar-refractivity contribution in [2.75, 3.05) is 20.3 Å². The number of para-hydroxylation sites is 1. The van der Waals surface area contributed by atoms with Crippen molar-refractivity contribution in [2.24, 2.45) is 4.99 Å². The zero-order valence-electron chi connectivity index (χ0n) is 20.5. The number of esters is 1. The second-order valence-electron chi connectivity index (χ2n) is 8.02. The topological polar surface area (TPSA) is 79.1 Å². The second kappa shape index (κ2) is 10.3. The molecule has 0 fully saturated rings. The Morgan fingerprint density at radius 1 is 1.11 bits per heavy atom. The minimum Gasteiger partial charge on any atom is -0.493 e. The quantitative estimate of drug-likeness (QED) is 0.472. The van der Waals surface area contributed by atoms with Crippen LogP contribution in [-0.2, 0) is 9.53 Å².